The van der Waals surface area contributed by atoms with E-state index in [1.807, 2.05) is 12.1 Å². The Morgan fingerprint density at radius 1 is 1.22 bits per heavy atom. The normalized spacial score (nSPS) is 19.7. The number of ether oxygens (including phenoxy) is 1. The van der Waals surface area contributed by atoms with Gasteiger partial charge in [0.1, 0.15) is 17.3 Å². The Bertz CT molecular complexity index is 642. The van der Waals surface area contributed by atoms with Crippen molar-refractivity contribution in [1.82, 2.24) is 4.90 Å². The molecule has 3 rings (SSSR count). The van der Waals surface area contributed by atoms with Crippen molar-refractivity contribution in [1.29, 1.82) is 0 Å². The lowest BCUT2D eigenvalue weighted by Gasteiger charge is -2.18. The van der Waals surface area contributed by atoms with Crippen molar-refractivity contribution in [3.8, 4) is 11.5 Å². The molecule has 0 aliphatic carbocycles. The summed E-state index contributed by atoms with van der Waals surface area (Å²) in [6, 6.07) is 14.4. The lowest BCUT2D eigenvalue weighted by atomic mass is 10.0. The highest BCUT2D eigenvalue weighted by Gasteiger charge is 2.24. The van der Waals surface area contributed by atoms with Crippen LogP contribution in [0.2, 0.25) is 0 Å². The lowest BCUT2D eigenvalue weighted by molar-refractivity contribution is 0.308. The summed E-state index contributed by atoms with van der Waals surface area (Å²) in [7, 11) is 0. The molecule has 122 valence electrons. The first-order valence-electron chi connectivity index (χ1n) is 8.10. The number of nitrogens with two attached hydrogens (primary N) is 1. The number of rotatable bonds is 5. The molecule has 0 amide bonds. The molecular formula is C19H23FN2O. The van der Waals surface area contributed by atoms with Gasteiger partial charge in [0, 0.05) is 25.2 Å². The number of nitrogens with zero attached hydrogens (tertiary/aromatic N) is 1. The summed E-state index contributed by atoms with van der Waals surface area (Å²) in [6.45, 7) is 5.20. The third kappa shape index (κ3) is 4.30. The molecule has 1 aliphatic heterocycles. The smallest absolute Gasteiger partial charge is 0.130 e. The van der Waals surface area contributed by atoms with Gasteiger partial charge in [0.2, 0.25) is 0 Å². The fourth-order valence-electron chi connectivity index (χ4n) is 3.02. The molecule has 2 aromatic carbocycles. The number of likely N-dealkylation sites (tertiary alicyclic amines) is 1. The number of hydrogen-bond donors (Lipinski definition) is 1. The first-order chi connectivity index (χ1) is 11.1. The van der Waals surface area contributed by atoms with Gasteiger partial charge in [-0.1, -0.05) is 18.2 Å². The molecule has 0 saturated carbocycles. The molecule has 1 fully saturated rings. The highest BCUT2D eigenvalue weighted by atomic mass is 19.1. The van der Waals surface area contributed by atoms with Crippen LogP contribution in [0.3, 0.4) is 0 Å². The average molecular weight is 314 g/mol. The van der Waals surface area contributed by atoms with Crippen LogP contribution in [0.4, 0.5) is 4.39 Å². The number of hydrogen-bond acceptors (Lipinski definition) is 3. The van der Waals surface area contributed by atoms with Crippen molar-refractivity contribution in [3.05, 3.63) is 59.9 Å². The molecule has 0 spiro atoms. The molecule has 1 saturated heterocycles. The van der Waals surface area contributed by atoms with Gasteiger partial charge in [-0.15, -0.1) is 0 Å². The Kier molecular flexibility index (Phi) is 4.94. The summed E-state index contributed by atoms with van der Waals surface area (Å²) in [5.41, 5.74) is 7.24. The third-order valence-corrected chi connectivity index (χ3v) is 4.41. The SMILES string of the molecule is CC(N)C1CCN(Cc2ccc(Oc3cccc(F)c3)cc2)C1. The van der Waals surface area contributed by atoms with Gasteiger partial charge in [-0.2, -0.15) is 0 Å². The van der Waals surface area contributed by atoms with Crippen LogP contribution in [0, 0.1) is 11.7 Å². The van der Waals surface area contributed by atoms with Crippen molar-refractivity contribution in [3.63, 3.8) is 0 Å². The summed E-state index contributed by atoms with van der Waals surface area (Å²) in [4.78, 5) is 2.44. The Labute approximate surface area is 136 Å². The van der Waals surface area contributed by atoms with E-state index in [-0.39, 0.29) is 11.9 Å². The summed E-state index contributed by atoms with van der Waals surface area (Å²) < 4.78 is 18.8. The van der Waals surface area contributed by atoms with Crippen LogP contribution in [-0.2, 0) is 6.54 Å². The maximum Gasteiger partial charge on any atom is 0.130 e. The van der Waals surface area contributed by atoms with Crippen LogP contribution in [0.5, 0.6) is 11.5 Å². The number of benzene rings is 2. The van der Waals surface area contributed by atoms with Crippen LogP contribution in [0.1, 0.15) is 18.9 Å². The minimum atomic E-state index is -0.295. The average Bonchev–Trinajstić information content (AvgIpc) is 2.98. The molecule has 0 radical (unpaired) electrons. The van der Waals surface area contributed by atoms with Crippen LogP contribution in [0.15, 0.2) is 48.5 Å². The molecule has 0 aromatic heterocycles. The summed E-state index contributed by atoms with van der Waals surface area (Å²) in [5, 5.41) is 0. The van der Waals surface area contributed by atoms with Gasteiger partial charge in [-0.05, 0) is 55.6 Å². The van der Waals surface area contributed by atoms with Gasteiger partial charge >= 0.3 is 0 Å². The molecule has 2 aromatic rings. The zero-order chi connectivity index (χ0) is 16.2. The van der Waals surface area contributed by atoms with E-state index in [2.05, 4.69) is 24.0 Å². The van der Waals surface area contributed by atoms with E-state index >= 15 is 0 Å². The fraction of sp³-hybridized carbons (Fsp3) is 0.368. The van der Waals surface area contributed by atoms with Crippen LogP contribution in [0.25, 0.3) is 0 Å². The predicted octanol–water partition coefficient (Wildman–Crippen LogP) is 3.79. The third-order valence-electron chi connectivity index (χ3n) is 4.41. The topological polar surface area (TPSA) is 38.5 Å². The predicted molar refractivity (Wildman–Crippen MR) is 89.9 cm³/mol. The molecule has 3 nitrogen and oxygen atoms in total. The molecule has 0 bridgehead atoms. The van der Waals surface area contributed by atoms with Crippen LogP contribution >= 0.6 is 0 Å². The van der Waals surface area contributed by atoms with E-state index in [4.69, 9.17) is 10.5 Å². The zero-order valence-electron chi connectivity index (χ0n) is 13.4. The molecule has 2 N–H and O–H groups in total. The van der Waals surface area contributed by atoms with Crippen molar-refractivity contribution in [2.24, 2.45) is 11.7 Å². The highest BCUT2D eigenvalue weighted by molar-refractivity contribution is 5.33. The van der Waals surface area contributed by atoms with Gasteiger partial charge < -0.3 is 10.5 Å². The second-order valence-electron chi connectivity index (χ2n) is 6.35. The molecular weight excluding hydrogens is 291 g/mol. The maximum absolute atomic E-state index is 13.2. The largest absolute Gasteiger partial charge is 0.457 e. The molecule has 2 atom stereocenters. The van der Waals surface area contributed by atoms with E-state index < -0.39 is 0 Å². The Balaban J connectivity index is 1.57. The summed E-state index contributed by atoms with van der Waals surface area (Å²) in [6.07, 6.45) is 1.18. The van der Waals surface area contributed by atoms with Crippen molar-refractivity contribution in [2.45, 2.75) is 25.9 Å². The Morgan fingerprint density at radius 2 is 2.00 bits per heavy atom. The fourth-order valence-corrected chi connectivity index (χ4v) is 3.02. The maximum atomic E-state index is 13.2. The van der Waals surface area contributed by atoms with E-state index in [1.54, 1.807) is 12.1 Å². The van der Waals surface area contributed by atoms with Crippen LogP contribution < -0.4 is 10.5 Å². The minimum absolute atomic E-state index is 0.266. The van der Waals surface area contributed by atoms with Crippen LogP contribution in [-0.4, -0.2) is 24.0 Å². The van der Waals surface area contributed by atoms with Crippen molar-refractivity contribution >= 4 is 0 Å². The van der Waals surface area contributed by atoms with Gasteiger partial charge in [0.15, 0.2) is 0 Å². The van der Waals surface area contributed by atoms with E-state index in [1.165, 1.54) is 24.1 Å². The van der Waals surface area contributed by atoms with Gasteiger partial charge in [0.05, 0.1) is 0 Å². The Morgan fingerprint density at radius 3 is 2.65 bits per heavy atom. The molecule has 1 heterocycles. The molecule has 4 heteroatoms. The first-order valence-corrected chi connectivity index (χ1v) is 8.10. The summed E-state index contributed by atoms with van der Waals surface area (Å²) in [5.74, 6) is 1.54. The molecule has 23 heavy (non-hydrogen) atoms. The van der Waals surface area contributed by atoms with Gasteiger partial charge in [-0.3, -0.25) is 4.90 Å². The highest BCUT2D eigenvalue weighted by Crippen LogP contribution is 2.24. The lowest BCUT2D eigenvalue weighted by Crippen LogP contribution is -2.29. The van der Waals surface area contributed by atoms with E-state index in [9.17, 15) is 4.39 Å². The van der Waals surface area contributed by atoms with Crippen molar-refractivity contribution < 1.29 is 9.13 Å². The second-order valence-corrected chi connectivity index (χ2v) is 6.35. The molecule has 1 aliphatic rings. The Hall–Kier alpha value is -1.91. The van der Waals surface area contributed by atoms with Gasteiger partial charge in [0.25, 0.3) is 0 Å². The van der Waals surface area contributed by atoms with E-state index in [0.717, 1.165) is 19.6 Å². The quantitative estimate of drug-likeness (QED) is 0.912. The zero-order valence-corrected chi connectivity index (χ0v) is 13.4. The molecule has 2 unspecified atom stereocenters. The van der Waals surface area contributed by atoms with E-state index in [0.29, 0.717) is 17.4 Å². The minimum Gasteiger partial charge on any atom is -0.457 e. The monoisotopic (exact) mass is 314 g/mol. The van der Waals surface area contributed by atoms with Gasteiger partial charge in [-0.25, -0.2) is 4.39 Å². The second kappa shape index (κ2) is 7.11. The summed E-state index contributed by atoms with van der Waals surface area (Å²) >= 11 is 0. The first kappa shape index (κ1) is 16.0. The van der Waals surface area contributed by atoms with Crippen molar-refractivity contribution in [2.75, 3.05) is 13.1 Å². The standard InChI is InChI=1S/C19H23FN2O/c1-14(21)16-9-10-22(13-16)12-15-5-7-18(8-6-15)23-19-4-2-3-17(20)11-19/h2-8,11,14,16H,9-10,12-13,21H2,1H3. The number of halogens is 1.